The van der Waals surface area contributed by atoms with Crippen molar-refractivity contribution >= 4 is 25.7 Å². The second-order valence-corrected chi connectivity index (χ2v) is 8.93. The molecule has 0 spiro atoms. The van der Waals surface area contributed by atoms with Crippen LogP contribution in [0.15, 0.2) is 52.3 Å². The summed E-state index contributed by atoms with van der Waals surface area (Å²) in [5.74, 6) is -0.0963. The van der Waals surface area contributed by atoms with Crippen LogP contribution in [0.3, 0.4) is 0 Å². The van der Waals surface area contributed by atoms with Gasteiger partial charge in [-0.15, -0.1) is 0 Å². The average Bonchev–Trinajstić information content (AvgIpc) is 2.59. The van der Waals surface area contributed by atoms with Crippen molar-refractivity contribution < 1.29 is 34.7 Å². The molecule has 0 bridgehead atoms. The van der Waals surface area contributed by atoms with E-state index in [1.54, 1.807) is 6.92 Å². The fourth-order valence-electron chi connectivity index (χ4n) is 2.15. The van der Waals surface area contributed by atoms with Gasteiger partial charge in [0.2, 0.25) is 10.0 Å². The van der Waals surface area contributed by atoms with Crippen LogP contribution in [0.2, 0.25) is 0 Å². The Bertz CT molecular complexity index is 1070. The lowest BCUT2D eigenvalue weighted by Crippen LogP contribution is -2.17. The first-order valence-electron chi connectivity index (χ1n) is 7.84. The summed E-state index contributed by atoms with van der Waals surface area (Å²) in [6, 6.07) is 6.51. The molecular formula is C16H17F3N2O5S2. The number of halogens is 3. The summed E-state index contributed by atoms with van der Waals surface area (Å²) in [5.41, 5.74) is -1.50. The number of nitrogens with one attached hydrogen (secondary N) is 1. The molecular weight excluding hydrogens is 421 g/mol. The monoisotopic (exact) mass is 438 g/mol. The highest BCUT2D eigenvalue weighted by Crippen LogP contribution is 2.36. The van der Waals surface area contributed by atoms with Crippen molar-refractivity contribution in [2.75, 3.05) is 11.3 Å². The summed E-state index contributed by atoms with van der Waals surface area (Å²) >= 11 is 0. The van der Waals surface area contributed by atoms with E-state index in [0.717, 1.165) is 36.4 Å². The van der Waals surface area contributed by atoms with Crippen LogP contribution in [0.5, 0.6) is 5.75 Å². The lowest BCUT2D eigenvalue weighted by atomic mass is 10.2. The maximum absolute atomic E-state index is 13.0. The van der Waals surface area contributed by atoms with E-state index >= 15 is 0 Å². The fourth-order valence-corrected chi connectivity index (χ4v) is 3.89. The maximum atomic E-state index is 13.0. The summed E-state index contributed by atoms with van der Waals surface area (Å²) in [7, 11) is -8.59. The Balaban J connectivity index is 2.50. The molecule has 0 heterocycles. The van der Waals surface area contributed by atoms with E-state index in [-0.39, 0.29) is 12.4 Å². The number of primary sulfonamides is 1. The molecule has 0 unspecified atom stereocenters. The smallest absolute Gasteiger partial charge is 0.416 e. The molecule has 0 atom stereocenters. The molecule has 12 heteroatoms. The number of hydrogen-bond acceptors (Lipinski definition) is 5. The molecule has 2 aromatic carbocycles. The molecule has 7 nitrogen and oxygen atoms in total. The van der Waals surface area contributed by atoms with Gasteiger partial charge in [-0.25, -0.2) is 22.0 Å². The highest BCUT2D eigenvalue weighted by Gasteiger charge is 2.32. The van der Waals surface area contributed by atoms with Crippen LogP contribution in [0.1, 0.15) is 18.9 Å². The Morgan fingerprint density at radius 3 is 2.25 bits per heavy atom. The number of nitrogens with two attached hydrogens (primary N) is 1. The molecule has 0 aliphatic rings. The van der Waals surface area contributed by atoms with Crippen LogP contribution in [0.25, 0.3) is 0 Å². The standard InChI is InChI=1S/C16H17F3N2O5S2/c1-2-8-26-15-7-6-11(16(17,18)19)9-14(15)21-28(24,25)13-5-3-4-12(10-13)27(20,22)23/h3-7,9-10,21H,2,8H2,1H3,(H2,20,22,23). The van der Waals surface area contributed by atoms with Crippen LogP contribution >= 0.6 is 0 Å². The molecule has 0 fully saturated rings. The predicted octanol–water partition coefficient (Wildman–Crippen LogP) is 2.94. The van der Waals surface area contributed by atoms with Gasteiger partial charge in [-0.2, -0.15) is 13.2 Å². The van der Waals surface area contributed by atoms with E-state index < -0.39 is 47.3 Å². The third kappa shape index (κ3) is 5.36. The Labute approximate surface area is 160 Å². The molecule has 0 radical (unpaired) electrons. The topological polar surface area (TPSA) is 116 Å². The molecule has 0 amide bonds. The SMILES string of the molecule is CCCOc1ccc(C(F)(F)F)cc1NS(=O)(=O)c1cccc(S(N)(=O)=O)c1. The van der Waals surface area contributed by atoms with Crippen molar-refractivity contribution in [3.8, 4) is 5.75 Å². The van der Waals surface area contributed by atoms with Crippen LogP contribution in [0, 0.1) is 0 Å². The highest BCUT2D eigenvalue weighted by molar-refractivity contribution is 7.93. The first-order chi connectivity index (χ1) is 12.8. The maximum Gasteiger partial charge on any atom is 0.416 e. The van der Waals surface area contributed by atoms with Crippen molar-refractivity contribution in [3.63, 3.8) is 0 Å². The summed E-state index contributed by atoms with van der Waals surface area (Å²) in [4.78, 5) is -0.945. The lowest BCUT2D eigenvalue weighted by molar-refractivity contribution is -0.137. The van der Waals surface area contributed by atoms with E-state index in [2.05, 4.69) is 0 Å². The minimum atomic E-state index is -4.70. The number of sulfonamides is 2. The summed E-state index contributed by atoms with van der Waals surface area (Å²) < 4.78 is 94.3. The van der Waals surface area contributed by atoms with E-state index in [1.165, 1.54) is 0 Å². The number of benzene rings is 2. The zero-order chi connectivity index (χ0) is 21.2. The van der Waals surface area contributed by atoms with Crippen LogP contribution in [-0.4, -0.2) is 23.4 Å². The van der Waals surface area contributed by atoms with E-state index in [9.17, 15) is 30.0 Å². The van der Waals surface area contributed by atoms with E-state index in [4.69, 9.17) is 9.88 Å². The molecule has 28 heavy (non-hydrogen) atoms. The van der Waals surface area contributed by atoms with Gasteiger partial charge < -0.3 is 4.74 Å². The molecule has 2 aromatic rings. The molecule has 0 saturated carbocycles. The van der Waals surface area contributed by atoms with Gasteiger partial charge in [0.25, 0.3) is 10.0 Å². The van der Waals surface area contributed by atoms with Gasteiger partial charge >= 0.3 is 6.18 Å². The second-order valence-electron chi connectivity index (χ2n) is 5.68. The zero-order valence-corrected chi connectivity index (χ0v) is 16.2. The minimum Gasteiger partial charge on any atom is -0.491 e. The molecule has 3 N–H and O–H groups in total. The molecule has 0 aromatic heterocycles. The van der Waals surface area contributed by atoms with Crippen molar-refractivity contribution in [1.29, 1.82) is 0 Å². The van der Waals surface area contributed by atoms with E-state index in [0.29, 0.717) is 12.5 Å². The molecule has 0 aliphatic carbocycles. The second kappa shape index (κ2) is 7.97. The van der Waals surface area contributed by atoms with Crippen molar-refractivity contribution in [2.24, 2.45) is 5.14 Å². The minimum absolute atomic E-state index is 0.0963. The van der Waals surface area contributed by atoms with E-state index in [1.807, 2.05) is 4.72 Å². The number of alkyl halides is 3. The number of anilines is 1. The quantitative estimate of drug-likeness (QED) is 0.690. The van der Waals surface area contributed by atoms with Crippen molar-refractivity contribution in [3.05, 3.63) is 48.0 Å². The number of ether oxygens (including phenoxy) is 1. The first kappa shape index (κ1) is 22.0. The van der Waals surface area contributed by atoms with Gasteiger partial charge in [-0.3, -0.25) is 4.72 Å². The summed E-state index contributed by atoms with van der Waals surface area (Å²) in [6.45, 7) is 1.92. The Hall–Kier alpha value is -2.31. The predicted molar refractivity (Wildman–Crippen MR) is 95.9 cm³/mol. The molecule has 0 saturated heterocycles. The van der Waals surface area contributed by atoms with Gasteiger partial charge in [0.1, 0.15) is 5.75 Å². The van der Waals surface area contributed by atoms with Crippen LogP contribution in [0.4, 0.5) is 18.9 Å². The molecule has 154 valence electrons. The average molecular weight is 438 g/mol. The van der Waals surface area contributed by atoms with Gasteiger partial charge in [0.15, 0.2) is 0 Å². The van der Waals surface area contributed by atoms with Gasteiger partial charge in [0.05, 0.1) is 27.6 Å². The van der Waals surface area contributed by atoms with Crippen molar-refractivity contribution in [2.45, 2.75) is 29.3 Å². The number of rotatable bonds is 7. The lowest BCUT2D eigenvalue weighted by Gasteiger charge is -2.16. The third-order valence-corrected chi connectivity index (χ3v) is 5.73. The van der Waals surface area contributed by atoms with Gasteiger partial charge in [-0.1, -0.05) is 13.0 Å². The van der Waals surface area contributed by atoms with Crippen molar-refractivity contribution in [1.82, 2.24) is 0 Å². The molecule has 0 aliphatic heterocycles. The van der Waals surface area contributed by atoms with Crippen LogP contribution in [-0.2, 0) is 26.2 Å². The summed E-state index contributed by atoms with van der Waals surface area (Å²) in [5, 5.41) is 4.98. The normalized spacial score (nSPS) is 12.6. The van der Waals surface area contributed by atoms with Gasteiger partial charge in [-0.05, 0) is 42.8 Å². The largest absolute Gasteiger partial charge is 0.491 e. The van der Waals surface area contributed by atoms with Crippen LogP contribution < -0.4 is 14.6 Å². The third-order valence-electron chi connectivity index (χ3n) is 3.46. The number of hydrogen-bond donors (Lipinski definition) is 2. The van der Waals surface area contributed by atoms with Gasteiger partial charge in [0, 0.05) is 0 Å². The highest BCUT2D eigenvalue weighted by atomic mass is 32.2. The Kier molecular flexibility index (Phi) is 6.26. The molecule has 2 rings (SSSR count). The fraction of sp³-hybridized carbons (Fsp3) is 0.250. The Morgan fingerprint density at radius 1 is 1.04 bits per heavy atom. The zero-order valence-electron chi connectivity index (χ0n) is 14.5. The first-order valence-corrected chi connectivity index (χ1v) is 10.9. The Morgan fingerprint density at radius 2 is 1.68 bits per heavy atom. The summed E-state index contributed by atoms with van der Waals surface area (Å²) in [6.07, 6.45) is -4.15.